The van der Waals surface area contributed by atoms with Crippen LogP contribution in [0.4, 0.5) is 0 Å². The van der Waals surface area contributed by atoms with Crippen LogP contribution in [0.15, 0.2) is 0 Å². The van der Waals surface area contributed by atoms with Crippen molar-refractivity contribution in [2.75, 3.05) is 7.05 Å². The van der Waals surface area contributed by atoms with Gasteiger partial charge in [-0.05, 0) is 23.8 Å². The average Bonchev–Trinajstić information content (AvgIpc) is 2.40. The Balaban J connectivity index is 2.71. The molecule has 1 N–H and O–H groups in total. The Hall–Kier alpha value is -0.480. The summed E-state index contributed by atoms with van der Waals surface area (Å²) in [6, 6.07) is 0.481. The number of nitrogens with one attached hydrogen (secondary N) is 1. The van der Waals surface area contributed by atoms with Crippen LogP contribution in [0.2, 0.25) is 0 Å². The molecule has 1 atom stereocenters. The minimum Gasteiger partial charge on any atom is -0.316 e. The summed E-state index contributed by atoms with van der Waals surface area (Å²) in [5.74, 6) is 3.46. The quantitative estimate of drug-likeness (QED) is 0.655. The first-order valence-electron chi connectivity index (χ1n) is 5.00. The van der Waals surface area contributed by atoms with Gasteiger partial charge in [-0.1, -0.05) is 27.7 Å². The second-order valence-electron chi connectivity index (χ2n) is 5.22. The normalized spacial score (nSPS) is 26.5. The molecule has 0 radical (unpaired) electrons. The van der Waals surface area contributed by atoms with Gasteiger partial charge in [0.15, 0.2) is 0 Å². The number of rotatable bonds is 3. The molecule has 0 heterocycles. The second-order valence-corrected chi connectivity index (χ2v) is 5.22. The Morgan fingerprint density at radius 3 is 2.00 bits per heavy atom. The molecule has 0 aromatic rings. The van der Waals surface area contributed by atoms with Crippen LogP contribution in [-0.2, 0) is 0 Å². The fourth-order valence-electron chi connectivity index (χ4n) is 2.77. The highest BCUT2D eigenvalue weighted by Crippen LogP contribution is 2.69. The molecule has 0 bridgehead atoms. The molecule has 1 saturated carbocycles. The van der Waals surface area contributed by atoms with E-state index >= 15 is 0 Å². The van der Waals surface area contributed by atoms with Crippen LogP contribution in [0, 0.1) is 29.1 Å². The van der Waals surface area contributed by atoms with Crippen molar-refractivity contribution in [3.05, 3.63) is 0 Å². The van der Waals surface area contributed by atoms with Gasteiger partial charge in [-0.15, -0.1) is 12.3 Å². The summed E-state index contributed by atoms with van der Waals surface area (Å²) in [5, 5.41) is 3.33. The molecule has 1 aliphatic rings. The predicted molar refractivity (Wildman–Crippen MR) is 57.3 cm³/mol. The van der Waals surface area contributed by atoms with Gasteiger partial charge in [0.2, 0.25) is 0 Å². The van der Waals surface area contributed by atoms with Crippen LogP contribution in [0.5, 0.6) is 0 Å². The van der Waals surface area contributed by atoms with Crippen LogP contribution >= 0.6 is 0 Å². The Morgan fingerprint density at radius 2 is 1.77 bits per heavy atom. The molecule has 0 saturated heterocycles. The van der Waals surface area contributed by atoms with Gasteiger partial charge < -0.3 is 5.32 Å². The van der Waals surface area contributed by atoms with E-state index < -0.39 is 0 Å². The lowest BCUT2D eigenvalue weighted by Gasteiger charge is -2.15. The number of terminal acetylenes is 1. The van der Waals surface area contributed by atoms with Crippen molar-refractivity contribution in [3.8, 4) is 12.3 Å². The Bertz CT molecular complexity index is 218. The second kappa shape index (κ2) is 3.03. The van der Waals surface area contributed by atoms with Crippen molar-refractivity contribution in [3.63, 3.8) is 0 Å². The molecule has 1 rings (SSSR count). The van der Waals surface area contributed by atoms with Gasteiger partial charge in [-0.3, -0.25) is 0 Å². The summed E-state index contributed by atoms with van der Waals surface area (Å²) in [4.78, 5) is 0. The highest BCUT2D eigenvalue weighted by atomic mass is 14.9. The topological polar surface area (TPSA) is 12.0 Å². The summed E-state index contributed by atoms with van der Waals surface area (Å²) in [6.45, 7) is 9.33. The third-order valence-corrected chi connectivity index (χ3v) is 4.24. The standard InChI is InChI=1S/C12H21N/c1-7-8-9(13-6)10-11(2,3)12(10,4)5/h1,9-10,13H,8H2,2-6H3. The largest absolute Gasteiger partial charge is 0.316 e. The zero-order valence-electron chi connectivity index (χ0n) is 9.44. The molecule has 0 aromatic heterocycles. The minimum atomic E-state index is 0.428. The van der Waals surface area contributed by atoms with Crippen LogP contribution in [0.1, 0.15) is 34.1 Å². The van der Waals surface area contributed by atoms with Crippen molar-refractivity contribution >= 4 is 0 Å². The molecule has 1 aliphatic carbocycles. The smallest absolute Gasteiger partial charge is 0.0243 e. The molecule has 0 aliphatic heterocycles. The fraction of sp³-hybridized carbons (Fsp3) is 0.833. The molecule has 0 spiro atoms. The zero-order valence-corrected chi connectivity index (χ0v) is 9.44. The fourth-order valence-corrected chi connectivity index (χ4v) is 2.77. The van der Waals surface area contributed by atoms with Crippen LogP contribution < -0.4 is 5.32 Å². The van der Waals surface area contributed by atoms with Gasteiger partial charge in [0.1, 0.15) is 0 Å². The van der Waals surface area contributed by atoms with Gasteiger partial charge in [-0.25, -0.2) is 0 Å². The molecule has 0 amide bonds. The van der Waals surface area contributed by atoms with Gasteiger partial charge in [0, 0.05) is 12.5 Å². The summed E-state index contributed by atoms with van der Waals surface area (Å²) >= 11 is 0. The molecule has 1 fully saturated rings. The maximum atomic E-state index is 5.36. The molecule has 1 unspecified atom stereocenters. The first kappa shape index (κ1) is 10.6. The molecule has 13 heavy (non-hydrogen) atoms. The number of hydrogen-bond acceptors (Lipinski definition) is 1. The van der Waals surface area contributed by atoms with E-state index in [-0.39, 0.29) is 0 Å². The van der Waals surface area contributed by atoms with Crippen molar-refractivity contribution in [2.24, 2.45) is 16.7 Å². The Morgan fingerprint density at radius 1 is 1.31 bits per heavy atom. The van der Waals surface area contributed by atoms with Crippen molar-refractivity contribution in [1.82, 2.24) is 5.32 Å². The molecule has 0 aromatic carbocycles. The van der Waals surface area contributed by atoms with E-state index in [2.05, 4.69) is 38.9 Å². The lowest BCUT2D eigenvalue weighted by Crippen LogP contribution is -2.29. The average molecular weight is 179 g/mol. The third kappa shape index (κ3) is 1.38. The van der Waals surface area contributed by atoms with E-state index in [0.29, 0.717) is 22.8 Å². The summed E-state index contributed by atoms with van der Waals surface area (Å²) in [6.07, 6.45) is 6.20. The molecular formula is C12H21N. The monoisotopic (exact) mass is 179 g/mol. The van der Waals surface area contributed by atoms with E-state index in [9.17, 15) is 0 Å². The third-order valence-electron chi connectivity index (χ3n) is 4.24. The van der Waals surface area contributed by atoms with Gasteiger partial charge in [0.05, 0.1) is 0 Å². The SMILES string of the molecule is C#CCC(NC)C1C(C)(C)C1(C)C. The molecule has 74 valence electrons. The number of hydrogen-bond donors (Lipinski definition) is 1. The van der Waals surface area contributed by atoms with E-state index in [1.165, 1.54) is 0 Å². The summed E-state index contributed by atoms with van der Waals surface area (Å²) < 4.78 is 0. The Labute approximate surface area is 82.3 Å². The minimum absolute atomic E-state index is 0.428. The maximum absolute atomic E-state index is 5.36. The zero-order chi connectivity index (χ0) is 10.3. The Kier molecular flexibility index (Phi) is 2.47. The van der Waals surface area contributed by atoms with E-state index in [1.807, 2.05) is 7.05 Å². The van der Waals surface area contributed by atoms with E-state index in [4.69, 9.17) is 6.42 Å². The van der Waals surface area contributed by atoms with E-state index in [1.54, 1.807) is 0 Å². The van der Waals surface area contributed by atoms with Crippen LogP contribution in [-0.4, -0.2) is 13.1 Å². The maximum Gasteiger partial charge on any atom is 0.0243 e. The van der Waals surface area contributed by atoms with Gasteiger partial charge in [-0.2, -0.15) is 0 Å². The first-order valence-corrected chi connectivity index (χ1v) is 5.00. The summed E-state index contributed by atoms with van der Waals surface area (Å²) in [7, 11) is 2.01. The lowest BCUT2D eigenvalue weighted by atomic mass is 10.0. The first-order chi connectivity index (χ1) is 5.89. The molecule has 1 nitrogen and oxygen atoms in total. The predicted octanol–water partition coefficient (Wildman–Crippen LogP) is 2.28. The highest BCUT2D eigenvalue weighted by molar-refractivity contribution is 5.17. The molecular weight excluding hydrogens is 158 g/mol. The van der Waals surface area contributed by atoms with Crippen LogP contribution in [0.25, 0.3) is 0 Å². The van der Waals surface area contributed by atoms with E-state index in [0.717, 1.165) is 6.42 Å². The molecule has 1 heteroatoms. The van der Waals surface area contributed by atoms with Crippen molar-refractivity contribution < 1.29 is 0 Å². The summed E-state index contributed by atoms with van der Waals surface area (Å²) in [5.41, 5.74) is 0.856. The van der Waals surface area contributed by atoms with Gasteiger partial charge >= 0.3 is 0 Å². The van der Waals surface area contributed by atoms with Crippen molar-refractivity contribution in [2.45, 2.75) is 40.2 Å². The lowest BCUT2D eigenvalue weighted by molar-refractivity contribution is 0.430. The highest BCUT2D eigenvalue weighted by Gasteiger charge is 2.66. The van der Waals surface area contributed by atoms with Gasteiger partial charge in [0.25, 0.3) is 0 Å². The van der Waals surface area contributed by atoms with Crippen molar-refractivity contribution in [1.29, 1.82) is 0 Å². The van der Waals surface area contributed by atoms with Crippen LogP contribution in [0.3, 0.4) is 0 Å².